The van der Waals surface area contributed by atoms with Crippen molar-refractivity contribution in [2.24, 2.45) is 0 Å². The molecule has 2 rings (SSSR count). The minimum absolute atomic E-state index is 0.417. The van der Waals surface area contributed by atoms with Gasteiger partial charge in [0, 0.05) is 18.0 Å². The van der Waals surface area contributed by atoms with Gasteiger partial charge in [-0.25, -0.2) is 0 Å². The summed E-state index contributed by atoms with van der Waals surface area (Å²) in [5.74, 6) is 0. The van der Waals surface area contributed by atoms with Gasteiger partial charge in [0.25, 0.3) is 0 Å². The van der Waals surface area contributed by atoms with Crippen molar-refractivity contribution in [1.29, 1.82) is 0 Å². The van der Waals surface area contributed by atoms with Crippen LogP contribution in [-0.4, -0.2) is 49.0 Å². The van der Waals surface area contributed by atoms with E-state index in [0.717, 1.165) is 41.3 Å². The Bertz CT molecular complexity index is 474. The van der Waals surface area contributed by atoms with E-state index in [4.69, 9.17) is 4.74 Å². The lowest BCUT2D eigenvalue weighted by molar-refractivity contribution is -0.134. The molecule has 0 spiro atoms. The number of ether oxygens (including phenoxy) is 1. The van der Waals surface area contributed by atoms with Crippen molar-refractivity contribution in [3.05, 3.63) is 21.4 Å². The summed E-state index contributed by atoms with van der Waals surface area (Å²) in [6, 6.07) is 1.27. The van der Waals surface area contributed by atoms with Crippen LogP contribution in [0.5, 0.6) is 0 Å². The number of thiophene rings is 1. The number of nitrogens with zero attached hydrogens (tertiary/aromatic N) is 1. The number of alkyl halides is 3. The topological polar surface area (TPSA) is 32.7 Å². The van der Waals surface area contributed by atoms with E-state index in [1.165, 1.54) is 6.07 Å². The number of aliphatic hydroxyl groups excluding tert-OH is 1. The third kappa shape index (κ3) is 5.22. The molecule has 1 N–H and O–H groups in total. The number of aryl methyl sites for hydroxylation is 1. The highest BCUT2D eigenvalue weighted by atomic mass is 32.1. The first-order valence-electron chi connectivity index (χ1n) is 7.53. The lowest BCUT2D eigenvalue weighted by Gasteiger charge is -2.23. The van der Waals surface area contributed by atoms with Crippen molar-refractivity contribution in [1.82, 2.24) is 4.90 Å². The number of fused-ring (bicyclic) bond motifs is 1. The highest BCUT2D eigenvalue weighted by Gasteiger charge is 2.33. The third-order valence-corrected chi connectivity index (χ3v) is 4.93. The van der Waals surface area contributed by atoms with Gasteiger partial charge in [0.05, 0.1) is 19.3 Å². The lowest BCUT2D eigenvalue weighted by atomic mass is 10.1. The van der Waals surface area contributed by atoms with Gasteiger partial charge in [-0.1, -0.05) is 0 Å². The van der Waals surface area contributed by atoms with Crippen LogP contribution in [0.4, 0.5) is 13.2 Å². The van der Waals surface area contributed by atoms with Crippen LogP contribution in [0.2, 0.25) is 0 Å². The maximum Gasteiger partial charge on any atom is 0.425 e. The Labute approximate surface area is 132 Å². The van der Waals surface area contributed by atoms with Crippen LogP contribution in [-0.2, 0) is 23.8 Å². The number of rotatable bonds is 2. The van der Waals surface area contributed by atoms with E-state index in [9.17, 15) is 18.3 Å². The second-order valence-corrected chi connectivity index (χ2v) is 6.81. The highest BCUT2D eigenvalue weighted by Crippen LogP contribution is 2.37. The maximum atomic E-state index is 12.9. The molecule has 3 nitrogen and oxygen atoms in total. The van der Waals surface area contributed by atoms with Crippen molar-refractivity contribution >= 4 is 11.3 Å². The van der Waals surface area contributed by atoms with Gasteiger partial charge in [0.1, 0.15) is 4.88 Å². The van der Waals surface area contributed by atoms with Gasteiger partial charge in [-0.2, -0.15) is 13.2 Å². The summed E-state index contributed by atoms with van der Waals surface area (Å²) >= 11 is 0.854. The largest absolute Gasteiger partial charge is 0.425 e. The lowest BCUT2D eigenvalue weighted by Crippen LogP contribution is -2.34. The Morgan fingerprint density at radius 3 is 2.77 bits per heavy atom. The van der Waals surface area contributed by atoms with Crippen molar-refractivity contribution in [2.45, 2.75) is 38.5 Å². The molecule has 0 fully saturated rings. The van der Waals surface area contributed by atoms with Crippen LogP contribution in [0, 0.1) is 0 Å². The van der Waals surface area contributed by atoms with Gasteiger partial charge in [-0.05, 0) is 44.4 Å². The Morgan fingerprint density at radius 2 is 2.09 bits per heavy atom. The molecule has 0 radical (unpaired) electrons. The fourth-order valence-corrected chi connectivity index (χ4v) is 3.76. The van der Waals surface area contributed by atoms with Gasteiger partial charge in [-0.15, -0.1) is 11.3 Å². The minimum atomic E-state index is -4.27. The average molecular weight is 337 g/mol. The van der Waals surface area contributed by atoms with Gasteiger partial charge >= 0.3 is 6.18 Å². The number of β-amino-alcohol motifs (C(OH)–C–C–N with tert-alkyl or cyclic N) is 1. The molecule has 1 aromatic heterocycles. The summed E-state index contributed by atoms with van der Waals surface area (Å²) in [6.07, 6.45) is -2.73. The van der Waals surface area contributed by atoms with Crippen molar-refractivity contribution in [3.63, 3.8) is 0 Å². The molecule has 1 aromatic rings. The quantitative estimate of drug-likeness (QED) is 0.901. The van der Waals surface area contributed by atoms with Gasteiger partial charge < -0.3 is 9.84 Å². The Kier molecular flexibility index (Phi) is 6.26. The number of halogens is 3. The third-order valence-electron chi connectivity index (χ3n) is 3.64. The summed E-state index contributed by atoms with van der Waals surface area (Å²) in [4.78, 5) is 2.40. The van der Waals surface area contributed by atoms with Crippen LogP contribution >= 0.6 is 11.3 Å². The van der Waals surface area contributed by atoms with E-state index in [-0.39, 0.29) is 0 Å². The zero-order chi connectivity index (χ0) is 16.2. The normalized spacial score (nSPS) is 20.2. The fraction of sp³-hybridized carbons (Fsp3) is 0.733. The fourth-order valence-electron chi connectivity index (χ4n) is 2.64. The van der Waals surface area contributed by atoms with Crippen molar-refractivity contribution in [2.75, 3.05) is 32.8 Å². The molecule has 0 saturated carbocycles. The maximum absolute atomic E-state index is 12.9. The molecule has 1 aliphatic heterocycles. The predicted molar refractivity (Wildman–Crippen MR) is 80.3 cm³/mol. The van der Waals surface area contributed by atoms with Crippen LogP contribution in [0.25, 0.3) is 0 Å². The second-order valence-electron chi connectivity index (χ2n) is 5.67. The molecule has 0 bridgehead atoms. The van der Waals surface area contributed by atoms with E-state index in [1.54, 1.807) is 6.92 Å². The molecule has 0 aromatic carbocycles. The minimum Gasteiger partial charge on any atom is -0.392 e. The summed E-state index contributed by atoms with van der Waals surface area (Å²) in [6.45, 7) is 4.77. The first kappa shape index (κ1) is 17.7. The summed E-state index contributed by atoms with van der Waals surface area (Å²) in [7, 11) is 0. The first-order valence-corrected chi connectivity index (χ1v) is 8.35. The molecule has 2 heterocycles. The van der Waals surface area contributed by atoms with Crippen LogP contribution in [0.1, 0.15) is 28.7 Å². The number of hydrogen-bond acceptors (Lipinski definition) is 4. The zero-order valence-corrected chi connectivity index (χ0v) is 13.5. The number of hydrogen-bond donors (Lipinski definition) is 1. The number of aliphatic hydroxyl groups is 1. The molecule has 22 heavy (non-hydrogen) atoms. The standard InChI is InChI=1S/C15H22F3NO2S/c1-11(20)10-19-5-2-3-13-12(4-7-21-8-6-19)9-14(22-13)15(16,17)18/h9,11,20H,2-8,10H2,1H3. The van der Waals surface area contributed by atoms with E-state index >= 15 is 0 Å². The molecular weight excluding hydrogens is 315 g/mol. The molecule has 0 amide bonds. The molecular formula is C15H22F3NO2S. The smallest absolute Gasteiger partial charge is 0.392 e. The predicted octanol–water partition coefficient (Wildman–Crippen LogP) is 2.96. The summed E-state index contributed by atoms with van der Waals surface area (Å²) < 4.78 is 44.1. The Morgan fingerprint density at radius 1 is 1.32 bits per heavy atom. The van der Waals surface area contributed by atoms with Gasteiger partial charge in [0.2, 0.25) is 0 Å². The zero-order valence-electron chi connectivity index (χ0n) is 12.7. The first-order chi connectivity index (χ1) is 10.4. The Balaban J connectivity index is 2.07. The molecule has 7 heteroatoms. The summed E-state index contributed by atoms with van der Waals surface area (Å²) in [5.41, 5.74) is 0.765. The average Bonchev–Trinajstić information content (AvgIpc) is 2.79. The van der Waals surface area contributed by atoms with Gasteiger partial charge in [0.15, 0.2) is 0 Å². The van der Waals surface area contributed by atoms with Crippen molar-refractivity contribution in [3.8, 4) is 0 Å². The highest BCUT2D eigenvalue weighted by molar-refractivity contribution is 7.12. The molecule has 1 unspecified atom stereocenters. The SMILES string of the molecule is CC(O)CN1CCCc2sc(C(F)(F)F)cc2CCOCC1. The molecule has 1 atom stereocenters. The molecule has 126 valence electrons. The summed E-state index contributed by atoms with van der Waals surface area (Å²) in [5, 5.41) is 9.49. The van der Waals surface area contributed by atoms with Crippen LogP contribution in [0.15, 0.2) is 6.07 Å². The van der Waals surface area contributed by atoms with E-state index in [1.807, 2.05) is 0 Å². The molecule has 1 aliphatic rings. The molecule has 0 aliphatic carbocycles. The monoisotopic (exact) mass is 337 g/mol. The van der Waals surface area contributed by atoms with E-state index in [0.29, 0.717) is 32.6 Å². The van der Waals surface area contributed by atoms with Gasteiger partial charge in [-0.3, -0.25) is 4.90 Å². The second kappa shape index (κ2) is 7.77. The molecule has 0 saturated heterocycles. The van der Waals surface area contributed by atoms with E-state index in [2.05, 4.69) is 4.90 Å². The van der Waals surface area contributed by atoms with Crippen LogP contribution < -0.4 is 0 Å². The van der Waals surface area contributed by atoms with E-state index < -0.39 is 17.2 Å². The Hall–Kier alpha value is -0.630. The van der Waals surface area contributed by atoms with Crippen molar-refractivity contribution < 1.29 is 23.0 Å². The van der Waals surface area contributed by atoms with Crippen LogP contribution in [0.3, 0.4) is 0 Å².